The van der Waals surface area contributed by atoms with E-state index >= 15 is 0 Å². The first kappa shape index (κ1) is 21.0. The fraction of sp³-hybridized carbons (Fsp3) is 0.750. The number of hydrogen-bond donors (Lipinski definition) is 1. The third-order valence-corrected chi connectivity index (χ3v) is 1.61. The van der Waals surface area contributed by atoms with Crippen LogP contribution in [0.5, 0.6) is 0 Å². The fourth-order valence-corrected chi connectivity index (χ4v) is 0.321. The first-order valence-electron chi connectivity index (χ1n) is 5.66. The van der Waals surface area contributed by atoms with Gasteiger partial charge >= 0.3 is 5.97 Å². The van der Waals surface area contributed by atoms with Crippen molar-refractivity contribution in [3.63, 3.8) is 0 Å². The molecule has 0 unspecified atom stereocenters. The van der Waals surface area contributed by atoms with Gasteiger partial charge < -0.3 is 14.8 Å². The van der Waals surface area contributed by atoms with Crippen LogP contribution in [-0.2, 0) is 19.1 Å². The number of ketones is 1. The van der Waals surface area contributed by atoms with Crippen LogP contribution < -0.4 is 5.32 Å². The van der Waals surface area contributed by atoms with Crippen molar-refractivity contribution in [2.24, 2.45) is 0 Å². The van der Waals surface area contributed by atoms with E-state index in [0.29, 0.717) is 19.3 Å². The number of carbonyl (C=O) groups excluding carboxylic acids is 3. The molecule has 102 valence electrons. The smallest absolute Gasteiger partial charge is 0.305 e. The van der Waals surface area contributed by atoms with Crippen molar-refractivity contribution < 1.29 is 19.1 Å². The summed E-state index contributed by atoms with van der Waals surface area (Å²) >= 11 is 0. The third-order valence-electron chi connectivity index (χ3n) is 1.61. The van der Waals surface area contributed by atoms with E-state index in [0.717, 1.165) is 0 Å². The Morgan fingerprint density at radius 1 is 1.00 bits per heavy atom. The van der Waals surface area contributed by atoms with Crippen LogP contribution in [0.25, 0.3) is 0 Å². The topological polar surface area (TPSA) is 72.5 Å². The summed E-state index contributed by atoms with van der Waals surface area (Å²) in [7, 11) is 3.01. The maximum absolute atomic E-state index is 10.1. The van der Waals surface area contributed by atoms with Gasteiger partial charge in [-0.1, -0.05) is 20.8 Å². The Morgan fingerprint density at radius 3 is 1.41 bits per heavy atom. The molecule has 0 fully saturated rings. The van der Waals surface area contributed by atoms with Gasteiger partial charge in [0.05, 0.1) is 7.11 Å². The average Bonchev–Trinajstić information content (AvgIpc) is 2.37. The summed E-state index contributed by atoms with van der Waals surface area (Å²) in [4.78, 5) is 29.8. The molecule has 0 aliphatic rings. The number of methoxy groups -OCH3 is 1. The van der Waals surface area contributed by atoms with E-state index < -0.39 is 0 Å². The summed E-state index contributed by atoms with van der Waals surface area (Å²) in [5.74, 6) is 0.190. The van der Waals surface area contributed by atoms with Crippen LogP contribution in [0.1, 0.15) is 47.0 Å². The molecule has 0 spiro atoms. The summed E-state index contributed by atoms with van der Waals surface area (Å²) in [6.45, 7) is 7.01. The predicted molar refractivity (Wildman–Crippen MR) is 67.6 cm³/mol. The number of esters is 1. The molecule has 17 heavy (non-hydrogen) atoms. The van der Waals surface area contributed by atoms with Gasteiger partial charge in [0, 0.05) is 26.3 Å². The summed E-state index contributed by atoms with van der Waals surface area (Å²) in [6, 6.07) is 0. The lowest BCUT2D eigenvalue weighted by atomic mass is 10.4. The van der Waals surface area contributed by atoms with E-state index in [2.05, 4.69) is 10.1 Å². The third kappa shape index (κ3) is 31.3. The zero-order valence-electron chi connectivity index (χ0n) is 11.8. The minimum Gasteiger partial charge on any atom is -0.469 e. The highest BCUT2D eigenvalue weighted by Crippen LogP contribution is 1.76. The molecule has 0 aromatic heterocycles. The zero-order valence-corrected chi connectivity index (χ0v) is 11.8. The molecule has 5 nitrogen and oxygen atoms in total. The lowest BCUT2D eigenvalue weighted by Crippen LogP contribution is -2.15. The maximum Gasteiger partial charge on any atom is 0.305 e. The maximum atomic E-state index is 10.1. The second kappa shape index (κ2) is 17.0. The van der Waals surface area contributed by atoms with Crippen molar-refractivity contribution in [1.82, 2.24) is 5.32 Å². The van der Waals surface area contributed by atoms with Crippen molar-refractivity contribution in [2.75, 3.05) is 14.2 Å². The standard InChI is InChI=1S/C4H9NO.C4H8O2.C4H8O/c1-3-4(6)5-2;1-3-4(5)6-2;1-3-4(2)5/h3H2,1-2H3,(H,5,6);3H2,1-2H3;3H2,1-2H3. The van der Waals surface area contributed by atoms with Crippen molar-refractivity contribution in [3.05, 3.63) is 0 Å². The Kier molecular flexibility index (Phi) is 21.0. The van der Waals surface area contributed by atoms with E-state index in [1.807, 2.05) is 13.8 Å². The Morgan fingerprint density at radius 2 is 1.41 bits per heavy atom. The van der Waals surface area contributed by atoms with Gasteiger partial charge in [-0.05, 0) is 6.92 Å². The lowest BCUT2D eigenvalue weighted by Gasteiger charge is -1.87. The number of hydrogen-bond acceptors (Lipinski definition) is 4. The highest BCUT2D eigenvalue weighted by molar-refractivity contribution is 5.75. The number of nitrogens with one attached hydrogen (secondary N) is 1. The first-order chi connectivity index (χ1) is 7.89. The van der Waals surface area contributed by atoms with Crippen molar-refractivity contribution in [2.45, 2.75) is 47.0 Å². The number of ether oxygens (including phenoxy) is 1. The molecular weight excluding hydrogens is 222 g/mol. The molecule has 0 aliphatic heterocycles. The quantitative estimate of drug-likeness (QED) is 0.770. The molecule has 0 rings (SSSR count). The van der Waals surface area contributed by atoms with Gasteiger partial charge in [0.1, 0.15) is 5.78 Å². The number of Topliss-reactive ketones (excluding diaryl/α,β-unsaturated/α-hetero) is 1. The van der Waals surface area contributed by atoms with Crippen molar-refractivity contribution in [3.8, 4) is 0 Å². The Labute approximate surface area is 104 Å². The van der Waals surface area contributed by atoms with Gasteiger partial charge in [-0.3, -0.25) is 9.59 Å². The van der Waals surface area contributed by atoms with Crippen molar-refractivity contribution >= 4 is 17.7 Å². The average molecular weight is 247 g/mol. The molecule has 5 heteroatoms. The van der Waals surface area contributed by atoms with Crippen LogP contribution in [0, 0.1) is 0 Å². The van der Waals surface area contributed by atoms with Crippen LogP contribution in [0.4, 0.5) is 0 Å². The summed E-state index contributed by atoms with van der Waals surface area (Å²) in [5, 5.41) is 2.48. The number of amides is 1. The monoisotopic (exact) mass is 247 g/mol. The van der Waals surface area contributed by atoms with Crippen LogP contribution in [0.15, 0.2) is 0 Å². The Bertz CT molecular complexity index is 187. The first-order valence-corrected chi connectivity index (χ1v) is 5.66. The zero-order chi connectivity index (χ0) is 14.3. The predicted octanol–water partition coefficient (Wildman–Crippen LogP) is 1.70. The molecule has 1 N–H and O–H groups in total. The molecule has 0 aromatic rings. The fourth-order valence-electron chi connectivity index (χ4n) is 0.321. The van der Waals surface area contributed by atoms with E-state index in [4.69, 9.17) is 0 Å². The van der Waals surface area contributed by atoms with Gasteiger partial charge in [0.25, 0.3) is 0 Å². The molecule has 0 heterocycles. The molecule has 0 aliphatic carbocycles. The van der Waals surface area contributed by atoms with Crippen LogP contribution in [0.2, 0.25) is 0 Å². The highest BCUT2D eigenvalue weighted by atomic mass is 16.5. The second-order valence-corrected chi connectivity index (χ2v) is 3.01. The molecule has 1 amide bonds. The van der Waals surface area contributed by atoms with Crippen LogP contribution in [0.3, 0.4) is 0 Å². The lowest BCUT2D eigenvalue weighted by molar-refractivity contribution is -0.140. The molecule has 0 radical (unpaired) electrons. The van der Waals surface area contributed by atoms with Gasteiger partial charge in [-0.2, -0.15) is 0 Å². The summed E-state index contributed by atoms with van der Waals surface area (Å²) in [6.07, 6.45) is 1.72. The van der Waals surface area contributed by atoms with Gasteiger partial charge in [0.15, 0.2) is 0 Å². The molecule has 0 atom stereocenters. The largest absolute Gasteiger partial charge is 0.469 e. The van der Waals surface area contributed by atoms with Crippen LogP contribution in [-0.4, -0.2) is 31.8 Å². The summed E-state index contributed by atoms with van der Waals surface area (Å²) in [5.41, 5.74) is 0. The Balaban J connectivity index is -0.000000174. The summed E-state index contributed by atoms with van der Waals surface area (Å²) < 4.78 is 4.26. The molecule has 0 aromatic carbocycles. The van der Waals surface area contributed by atoms with E-state index in [1.54, 1.807) is 20.9 Å². The van der Waals surface area contributed by atoms with Gasteiger partial charge in [-0.15, -0.1) is 0 Å². The van der Waals surface area contributed by atoms with Gasteiger partial charge in [-0.25, -0.2) is 0 Å². The van der Waals surface area contributed by atoms with E-state index in [1.165, 1.54) is 7.11 Å². The van der Waals surface area contributed by atoms with E-state index in [-0.39, 0.29) is 17.7 Å². The van der Waals surface area contributed by atoms with Crippen molar-refractivity contribution in [1.29, 1.82) is 0 Å². The molecule has 0 saturated carbocycles. The molecule has 0 bridgehead atoms. The van der Waals surface area contributed by atoms with Gasteiger partial charge in [0.2, 0.25) is 5.91 Å². The Hall–Kier alpha value is -1.39. The SMILES string of the molecule is CCC(=O)NC.CCC(=O)OC.CCC(C)=O. The number of rotatable bonds is 3. The normalized spacial score (nSPS) is 7.65. The minimum absolute atomic E-state index is 0.0926. The second-order valence-electron chi connectivity index (χ2n) is 3.01. The van der Waals surface area contributed by atoms with E-state index in [9.17, 15) is 14.4 Å². The highest BCUT2D eigenvalue weighted by Gasteiger charge is 1.87. The molecule has 0 saturated heterocycles. The number of carbonyl (C=O) groups is 3. The molecular formula is C12H25NO4. The van der Waals surface area contributed by atoms with Crippen LogP contribution >= 0.6 is 0 Å². The minimum atomic E-state index is -0.157.